The van der Waals surface area contributed by atoms with Gasteiger partial charge in [0.2, 0.25) is 0 Å². The van der Waals surface area contributed by atoms with Crippen molar-refractivity contribution < 1.29 is 4.79 Å². The smallest absolute Gasteiger partial charge is 0.295 e. The van der Waals surface area contributed by atoms with Crippen molar-refractivity contribution in [3.63, 3.8) is 0 Å². The Morgan fingerprint density at radius 2 is 2.12 bits per heavy atom. The van der Waals surface area contributed by atoms with Crippen LogP contribution in [-0.2, 0) is 11.3 Å². The summed E-state index contributed by atoms with van der Waals surface area (Å²) < 4.78 is 0. The maximum atomic E-state index is 10.9. The van der Waals surface area contributed by atoms with Crippen molar-refractivity contribution in [3.8, 4) is 23.6 Å². The third-order valence-electron chi connectivity index (χ3n) is 2.35. The molecule has 2 rings (SSSR count). The molecule has 0 spiro atoms. The van der Waals surface area contributed by atoms with Crippen LogP contribution >= 0.6 is 0 Å². The predicted molar refractivity (Wildman–Crippen MR) is 64.7 cm³/mol. The Morgan fingerprint density at radius 1 is 1.35 bits per heavy atom. The monoisotopic (exact) mass is 225 g/mol. The molecule has 1 aromatic carbocycles. The van der Waals surface area contributed by atoms with Gasteiger partial charge in [-0.05, 0) is 23.1 Å². The van der Waals surface area contributed by atoms with Crippen molar-refractivity contribution >= 4 is 5.91 Å². The first kappa shape index (κ1) is 11.0. The maximum absolute atomic E-state index is 10.9. The van der Waals surface area contributed by atoms with Crippen LogP contribution in [-0.4, -0.2) is 16.1 Å². The number of hydrogen-bond acceptors (Lipinski definition) is 2. The first-order chi connectivity index (χ1) is 8.29. The van der Waals surface area contributed by atoms with Gasteiger partial charge in [0.15, 0.2) is 0 Å². The molecule has 0 radical (unpaired) electrons. The summed E-state index contributed by atoms with van der Waals surface area (Å²) in [6, 6.07) is 9.70. The average molecular weight is 225 g/mol. The summed E-state index contributed by atoms with van der Waals surface area (Å²) in [4.78, 5) is 10.9. The Balaban J connectivity index is 2.04. The number of aromatic amines is 1. The number of H-pyrrole nitrogens is 1. The first-order valence-electron chi connectivity index (χ1n) is 5.13. The molecule has 2 aromatic rings. The van der Waals surface area contributed by atoms with Gasteiger partial charge in [-0.3, -0.25) is 9.89 Å². The number of carbonyl (C=O) groups is 1. The van der Waals surface area contributed by atoms with Crippen LogP contribution in [0, 0.1) is 12.3 Å². The second kappa shape index (κ2) is 4.99. The molecule has 0 aliphatic rings. The van der Waals surface area contributed by atoms with E-state index in [4.69, 9.17) is 6.42 Å². The standard InChI is InChI=1S/C13H11N3O/c1-2-13(17)14-9-10-3-5-11(6-4-10)12-7-8-15-16-12/h1,3-8H,9H2,(H,14,17)(H,15,16). The van der Waals surface area contributed by atoms with E-state index < -0.39 is 5.91 Å². The molecule has 0 fully saturated rings. The molecule has 1 aromatic heterocycles. The van der Waals surface area contributed by atoms with Gasteiger partial charge in [-0.25, -0.2) is 0 Å². The molecule has 0 aliphatic carbocycles. The second-order valence-electron chi connectivity index (χ2n) is 3.49. The van der Waals surface area contributed by atoms with Crippen LogP contribution in [0.4, 0.5) is 0 Å². The zero-order chi connectivity index (χ0) is 12.1. The van der Waals surface area contributed by atoms with Gasteiger partial charge < -0.3 is 5.32 Å². The molecular formula is C13H11N3O. The molecule has 84 valence electrons. The van der Waals surface area contributed by atoms with E-state index in [1.54, 1.807) is 6.20 Å². The van der Waals surface area contributed by atoms with Gasteiger partial charge in [0.05, 0.1) is 5.69 Å². The molecule has 1 amide bonds. The van der Waals surface area contributed by atoms with Crippen molar-refractivity contribution in [1.29, 1.82) is 0 Å². The van der Waals surface area contributed by atoms with Crippen molar-refractivity contribution in [2.45, 2.75) is 6.54 Å². The van der Waals surface area contributed by atoms with E-state index in [0.29, 0.717) is 6.54 Å². The van der Waals surface area contributed by atoms with Crippen LogP contribution in [0.3, 0.4) is 0 Å². The minimum Gasteiger partial charge on any atom is -0.341 e. The van der Waals surface area contributed by atoms with E-state index in [1.807, 2.05) is 36.3 Å². The van der Waals surface area contributed by atoms with E-state index in [2.05, 4.69) is 15.5 Å². The maximum Gasteiger partial charge on any atom is 0.295 e. The van der Waals surface area contributed by atoms with Gasteiger partial charge in [-0.15, -0.1) is 6.42 Å². The minimum atomic E-state index is -0.400. The van der Waals surface area contributed by atoms with Crippen LogP contribution in [0.1, 0.15) is 5.56 Å². The zero-order valence-corrected chi connectivity index (χ0v) is 9.10. The summed E-state index contributed by atoms with van der Waals surface area (Å²) in [5, 5.41) is 9.38. The molecule has 0 saturated carbocycles. The largest absolute Gasteiger partial charge is 0.341 e. The summed E-state index contributed by atoms with van der Waals surface area (Å²) in [6.07, 6.45) is 6.66. The van der Waals surface area contributed by atoms with Gasteiger partial charge in [-0.1, -0.05) is 24.3 Å². The molecule has 0 unspecified atom stereocenters. The highest BCUT2D eigenvalue weighted by atomic mass is 16.1. The van der Waals surface area contributed by atoms with Gasteiger partial charge in [0.25, 0.3) is 5.91 Å². The van der Waals surface area contributed by atoms with Gasteiger partial charge in [0, 0.05) is 12.7 Å². The van der Waals surface area contributed by atoms with Crippen molar-refractivity contribution in [3.05, 3.63) is 42.1 Å². The third kappa shape index (κ3) is 2.73. The molecule has 0 saturated heterocycles. The second-order valence-corrected chi connectivity index (χ2v) is 3.49. The van der Waals surface area contributed by atoms with Crippen LogP contribution in [0.25, 0.3) is 11.3 Å². The SMILES string of the molecule is C#CC(=O)NCc1ccc(-c2ccn[nH]2)cc1. The zero-order valence-electron chi connectivity index (χ0n) is 9.10. The average Bonchev–Trinajstić information content (AvgIpc) is 2.90. The van der Waals surface area contributed by atoms with Crippen molar-refractivity contribution in [2.75, 3.05) is 0 Å². The highest BCUT2D eigenvalue weighted by Gasteiger charge is 2.00. The lowest BCUT2D eigenvalue weighted by atomic mass is 10.1. The van der Waals surface area contributed by atoms with E-state index in [9.17, 15) is 4.79 Å². The fourth-order valence-electron chi connectivity index (χ4n) is 1.45. The number of nitrogens with zero attached hydrogens (tertiary/aromatic N) is 1. The fraction of sp³-hybridized carbons (Fsp3) is 0.0769. The van der Waals surface area contributed by atoms with Crippen LogP contribution < -0.4 is 5.32 Å². The number of carbonyl (C=O) groups excluding carboxylic acids is 1. The van der Waals surface area contributed by atoms with E-state index in [0.717, 1.165) is 16.8 Å². The number of benzene rings is 1. The lowest BCUT2D eigenvalue weighted by Gasteiger charge is -2.03. The number of amides is 1. The summed E-state index contributed by atoms with van der Waals surface area (Å²) in [6.45, 7) is 0.437. The van der Waals surface area contributed by atoms with Crippen LogP contribution in [0.5, 0.6) is 0 Å². The highest BCUT2D eigenvalue weighted by Crippen LogP contribution is 2.16. The predicted octanol–water partition coefficient (Wildman–Crippen LogP) is 1.33. The first-order valence-corrected chi connectivity index (χ1v) is 5.13. The number of nitrogens with one attached hydrogen (secondary N) is 2. The summed E-state index contributed by atoms with van der Waals surface area (Å²) >= 11 is 0. The fourth-order valence-corrected chi connectivity index (χ4v) is 1.45. The molecule has 0 bridgehead atoms. The number of rotatable bonds is 3. The van der Waals surface area contributed by atoms with Crippen LogP contribution in [0.2, 0.25) is 0 Å². The lowest BCUT2D eigenvalue weighted by Crippen LogP contribution is -2.20. The molecule has 2 N–H and O–H groups in total. The van der Waals surface area contributed by atoms with E-state index in [1.165, 1.54) is 0 Å². The molecule has 4 heteroatoms. The number of aromatic nitrogens is 2. The third-order valence-corrected chi connectivity index (χ3v) is 2.35. The van der Waals surface area contributed by atoms with Gasteiger partial charge in [-0.2, -0.15) is 5.10 Å². The molecule has 0 aliphatic heterocycles. The number of terminal acetylenes is 1. The summed E-state index contributed by atoms with van der Waals surface area (Å²) in [7, 11) is 0. The van der Waals surface area contributed by atoms with Gasteiger partial charge >= 0.3 is 0 Å². The normalized spacial score (nSPS) is 9.59. The quantitative estimate of drug-likeness (QED) is 0.774. The summed E-state index contributed by atoms with van der Waals surface area (Å²) in [5.41, 5.74) is 3.01. The molecule has 1 heterocycles. The Hall–Kier alpha value is -2.54. The Kier molecular flexibility index (Phi) is 3.22. The number of hydrogen-bond donors (Lipinski definition) is 2. The topological polar surface area (TPSA) is 57.8 Å². The Bertz CT molecular complexity index is 535. The lowest BCUT2D eigenvalue weighted by molar-refractivity contribution is -0.115. The molecule has 17 heavy (non-hydrogen) atoms. The highest BCUT2D eigenvalue weighted by molar-refractivity contribution is 5.92. The molecule has 4 nitrogen and oxygen atoms in total. The van der Waals surface area contributed by atoms with E-state index in [-0.39, 0.29) is 0 Å². The molecule has 0 atom stereocenters. The minimum absolute atomic E-state index is 0.400. The van der Waals surface area contributed by atoms with Crippen LogP contribution in [0.15, 0.2) is 36.5 Å². The summed E-state index contributed by atoms with van der Waals surface area (Å²) in [5.74, 6) is 1.61. The van der Waals surface area contributed by atoms with Crippen molar-refractivity contribution in [1.82, 2.24) is 15.5 Å². The Morgan fingerprint density at radius 3 is 2.71 bits per heavy atom. The Labute approximate surface area is 99.1 Å². The van der Waals surface area contributed by atoms with Gasteiger partial charge in [0.1, 0.15) is 0 Å². The van der Waals surface area contributed by atoms with Crippen molar-refractivity contribution in [2.24, 2.45) is 0 Å². The van der Waals surface area contributed by atoms with E-state index >= 15 is 0 Å². The molecular weight excluding hydrogens is 214 g/mol.